The second-order valence-electron chi connectivity index (χ2n) is 6.59. The van der Waals surface area contributed by atoms with Crippen LogP contribution in [0.5, 0.6) is 5.75 Å². The van der Waals surface area contributed by atoms with Crippen LogP contribution in [0.1, 0.15) is 5.56 Å². The van der Waals surface area contributed by atoms with Gasteiger partial charge in [0.25, 0.3) is 15.9 Å². The molecule has 0 radical (unpaired) electrons. The predicted octanol–water partition coefficient (Wildman–Crippen LogP) is 5.32. The van der Waals surface area contributed by atoms with E-state index < -0.39 is 40.1 Å². The molecule has 0 aliphatic carbocycles. The van der Waals surface area contributed by atoms with Gasteiger partial charge in [-0.3, -0.25) is 9.52 Å². The molecule has 0 fully saturated rings. The summed E-state index contributed by atoms with van der Waals surface area (Å²) in [7, 11) is -4.27. The number of amides is 1. The van der Waals surface area contributed by atoms with Crippen LogP contribution in [-0.4, -0.2) is 20.9 Å². The molecule has 0 bridgehead atoms. The van der Waals surface area contributed by atoms with E-state index in [2.05, 4.69) is 5.32 Å². The molecule has 0 aromatic heterocycles. The topological polar surface area (TPSA) is 84.5 Å². The van der Waals surface area contributed by atoms with Crippen LogP contribution in [0, 0.1) is 5.82 Å². The highest BCUT2D eigenvalue weighted by Crippen LogP contribution is 2.32. The zero-order chi connectivity index (χ0) is 24.2. The maximum Gasteiger partial charge on any atom is 0.416 e. The zero-order valence-corrected chi connectivity index (χ0v) is 18.1. The van der Waals surface area contributed by atoms with Gasteiger partial charge in [0.1, 0.15) is 11.6 Å². The Hall–Kier alpha value is -3.31. The summed E-state index contributed by atoms with van der Waals surface area (Å²) in [6.45, 7) is -0.539. The van der Waals surface area contributed by atoms with Crippen LogP contribution in [0.25, 0.3) is 0 Å². The minimum atomic E-state index is -4.64. The van der Waals surface area contributed by atoms with E-state index in [0.29, 0.717) is 6.07 Å². The van der Waals surface area contributed by atoms with Crippen molar-refractivity contribution >= 4 is 38.9 Å². The summed E-state index contributed by atoms with van der Waals surface area (Å²) >= 11 is 6.03. The van der Waals surface area contributed by atoms with E-state index in [1.54, 1.807) is 0 Å². The Kier molecular flexibility index (Phi) is 7.13. The number of halogens is 5. The van der Waals surface area contributed by atoms with Gasteiger partial charge in [0, 0.05) is 5.69 Å². The van der Waals surface area contributed by atoms with Crippen LogP contribution in [0.4, 0.5) is 28.9 Å². The molecule has 33 heavy (non-hydrogen) atoms. The monoisotopic (exact) mass is 502 g/mol. The van der Waals surface area contributed by atoms with Gasteiger partial charge in [-0.15, -0.1) is 0 Å². The Morgan fingerprint density at radius 3 is 2.39 bits per heavy atom. The van der Waals surface area contributed by atoms with Crippen molar-refractivity contribution in [1.29, 1.82) is 0 Å². The van der Waals surface area contributed by atoms with Gasteiger partial charge in [-0.1, -0.05) is 29.8 Å². The largest absolute Gasteiger partial charge is 0.482 e. The van der Waals surface area contributed by atoms with Crippen molar-refractivity contribution in [3.63, 3.8) is 0 Å². The molecule has 0 aliphatic heterocycles. The lowest BCUT2D eigenvalue weighted by Gasteiger charge is -2.13. The van der Waals surface area contributed by atoms with Gasteiger partial charge in [0.2, 0.25) is 0 Å². The quantitative estimate of drug-likeness (QED) is 0.428. The maximum atomic E-state index is 13.6. The molecule has 6 nitrogen and oxygen atoms in total. The van der Waals surface area contributed by atoms with Gasteiger partial charge in [0.15, 0.2) is 6.61 Å². The highest BCUT2D eigenvalue weighted by Gasteiger charge is 2.30. The number of benzene rings is 3. The van der Waals surface area contributed by atoms with Crippen molar-refractivity contribution in [2.24, 2.45) is 0 Å². The lowest BCUT2D eigenvalue weighted by Crippen LogP contribution is -2.21. The number of alkyl halides is 3. The SMILES string of the molecule is O=C(COc1ccc(S(=O)(=O)Nc2cccc(C(F)(F)F)c2)cc1Cl)Nc1ccccc1F. The number of rotatable bonds is 7. The number of ether oxygens (including phenoxy) is 1. The fourth-order valence-corrected chi connectivity index (χ4v) is 4.01. The van der Waals surface area contributed by atoms with Gasteiger partial charge in [0.05, 0.1) is 21.2 Å². The van der Waals surface area contributed by atoms with Crippen molar-refractivity contribution in [3.05, 3.63) is 83.1 Å². The standard InChI is InChI=1S/C21H15ClF4N2O4S/c22-16-11-15(33(30,31)28-14-5-3-4-13(10-14)21(24,25)26)8-9-19(16)32-12-20(29)27-18-7-2-1-6-17(18)23/h1-11,28H,12H2,(H,27,29). The number of nitrogens with one attached hydrogen (secondary N) is 2. The highest BCUT2D eigenvalue weighted by molar-refractivity contribution is 7.92. The van der Waals surface area contributed by atoms with Crippen LogP contribution in [0.15, 0.2) is 71.6 Å². The molecular formula is C21H15ClF4N2O4S. The summed E-state index contributed by atoms with van der Waals surface area (Å²) in [4.78, 5) is 11.6. The number of carbonyl (C=O) groups excluding carboxylic acids is 1. The van der Waals surface area contributed by atoms with Crippen molar-refractivity contribution in [3.8, 4) is 5.75 Å². The lowest BCUT2D eigenvalue weighted by molar-refractivity contribution is -0.137. The van der Waals surface area contributed by atoms with Gasteiger partial charge in [-0.05, 0) is 48.5 Å². The minimum Gasteiger partial charge on any atom is -0.482 e. The molecule has 3 aromatic carbocycles. The minimum absolute atomic E-state index is 0.0293. The second-order valence-corrected chi connectivity index (χ2v) is 8.68. The average Bonchev–Trinajstić information content (AvgIpc) is 2.74. The Morgan fingerprint density at radius 1 is 1.00 bits per heavy atom. The first kappa shape index (κ1) is 24.3. The lowest BCUT2D eigenvalue weighted by atomic mass is 10.2. The van der Waals surface area contributed by atoms with Crippen molar-refractivity contribution in [2.75, 3.05) is 16.6 Å². The molecule has 1 amide bonds. The van der Waals surface area contributed by atoms with Gasteiger partial charge < -0.3 is 10.1 Å². The third-order valence-corrected chi connectivity index (χ3v) is 5.84. The number of carbonyl (C=O) groups is 1. The summed E-state index contributed by atoms with van der Waals surface area (Å²) in [5.74, 6) is -1.34. The average molecular weight is 503 g/mol. The van der Waals surface area contributed by atoms with E-state index in [1.165, 1.54) is 36.4 Å². The molecule has 0 saturated heterocycles. The maximum absolute atomic E-state index is 13.6. The number of sulfonamides is 1. The van der Waals surface area contributed by atoms with Gasteiger partial charge in [-0.2, -0.15) is 13.2 Å². The second kappa shape index (κ2) is 9.67. The van der Waals surface area contributed by atoms with Crippen molar-refractivity contribution in [1.82, 2.24) is 0 Å². The third-order valence-electron chi connectivity index (χ3n) is 4.16. The number of para-hydroxylation sites is 1. The van der Waals surface area contributed by atoms with Crippen molar-refractivity contribution < 1.29 is 35.5 Å². The zero-order valence-electron chi connectivity index (χ0n) is 16.5. The fourth-order valence-electron chi connectivity index (χ4n) is 2.63. The first-order valence-corrected chi connectivity index (χ1v) is 11.0. The van der Waals surface area contributed by atoms with Gasteiger partial charge >= 0.3 is 6.18 Å². The Bertz CT molecular complexity index is 1280. The summed E-state index contributed by atoms with van der Waals surface area (Å²) < 4.78 is 84.4. The Labute approximate surface area is 191 Å². The van der Waals surface area contributed by atoms with E-state index in [4.69, 9.17) is 16.3 Å². The van der Waals surface area contributed by atoms with E-state index in [-0.39, 0.29) is 27.0 Å². The van der Waals surface area contributed by atoms with E-state index in [9.17, 15) is 30.8 Å². The van der Waals surface area contributed by atoms with Crippen LogP contribution in [-0.2, 0) is 21.0 Å². The molecule has 0 heterocycles. The molecule has 3 rings (SSSR count). The summed E-state index contributed by atoms with van der Waals surface area (Å²) in [6.07, 6.45) is -4.64. The number of hydrogen-bond acceptors (Lipinski definition) is 4. The predicted molar refractivity (Wildman–Crippen MR) is 114 cm³/mol. The summed E-state index contributed by atoms with van der Waals surface area (Å²) in [6, 6.07) is 12.5. The van der Waals surface area contributed by atoms with Crippen LogP contribution in [0.2, 0.25) is 5.02 Å². The Morgan fingerprint density at radius 2 is 1.73 bits per heavy atom. The molecule has 174 valence electrons. The fraction of sp³-hybridized carbons (Fsp3) is 0.0952. The molecule has 0 aliphatic rings. The normalized spacial score (nSPS) is 11.7. The Balaban J connectivity index is 1.68. The van der Waals surface area contributed by atoms with Crippen LogP contribution >= 0.6 is 11.6 Å². The number of anilines is 2. The number of hydrogen-bond donors (Lipinski definition) is 2. The molecule has 12 heteroatoms. The smallest absolute Gasteiger partial charge is 0.416 e. The third kappa shape index (κ3) is 6.36. The molecule has 0 unspecified atom stereocenters. The van der Waals surface area contributed by atoms with Crippen LogP contribution in [0.3, 0.4) is 0 Å². The highest BCUT2D eigenvalue weighted by atomic mass is 35.5. The summed E-state index contributed by atoms with van der Waals surface area (Å²) in [5.41, 5.74) is -1.34. The molecule has 0 spiro atoms. The molecule has 0 atom stereocenters. The first-order chi connectivity index (χ1) is 15.5. The molecular weight excluding hydrogens is 488 g/mol. The molecule has 3 aromatic rings. The van der Waals surface area contributed by atoms with Crippen molar-refractivity contribution in [2.45, 2.75) is 11.1 Å². The summed E-state index contributed by atoms with van der Waals surface area (Å²) in [5, 5.41) is 2.14. The van der Waals surface area contributed by atoms with E-state index in [0.717, 1.165) is 24.3 Å². The molecule has 2 N–H and O–H groups in total. The van der Waals surface area contributed by atoms with Gasteiger partial charge in [-0.25, -0.2) is 12.8 Å². The van der Waals surface area contributed by atoms with E-state index in [1.807, 2.05) is 4.72 Å². The molecule has 0 saturated carbocycles. The van der Waals surface area contributed by atoms with Crippen LogP contribution < -0.4 is 14.8 Å². The first-order valence-electron chi connectivity index (χ1n) is 9.12. The van der Waals surface area contributed by atoms with E-state index >= 15 is 0 Å².